The maximum absolute atomic E-state index is 12.4. The third-order valence-electron chi connectivity index (χ3n) is 4.86. The average molecular weight is 445 g/mol. The van der Waals surface area contributed by atoms with Crippen molar-refractivity contribution in [1.82, 2.24) is 35.5 Å². The molecule has 0 radical (unpaired) electrons. The molecule has 1 aliphatic heterocycles. The monoisotopic (exact) mass is 445 g/mol. The highest BCUT2D eigenvalue weighted by atomic mass is 16.5. The van der Waals surface area contributed by atoms with Crippen LogP contribution in [0.15, 0.2) is 24.5 Å². The quantitative estimate of drug-likeness (QED) is 0.527. The molecule has 172 valence electrons. The molecule has 0 saturated carbocycles. The van der Waals surface area contributed by atoms with Crippen molar-refractivity contribution in [3.63, 3.8) is 0 Å². The second kappa shape index (κ2) is 10.2. The highest BCUT2D eigenvalue weighted by molar-refractivity contribution is 5.96. The molecule has 32 heavy (non-hydrogen) atoms. The zero-order valence-electron chi connectivity index (χ0n) is 18.1. The van der Waals surface area contributed by atoms with Crippen LogP contribution >= 0.6 is 0 Å². The van der Waals surface area contributed by atoms with E-state index in [0.717, 1.165) is 0 Å². The Morgan fingerprint density at radius 1 is 1.22 bits per heavy atom. The number of carbonyl (C=O) groups is 3. The molecule has 2 aromatic rings. The predicted octanol–water partition coefficient (Wildman–Crippen LogP) is 0.369. The molecule has 3 amide bonds. The second-order valence-electron chi connectivity index (χ2n) is 8.25. The molecule has 0 bridgehead atoms. The largest absolute Gasteiger partial charge is 0.477 e. The minimum atomic E-state index is -1.19. The van der Waals surface area contributed by atoms with Gasteiger partial charge in [-0.2, -0.15) is 0 Å². The Bertz CT molecular complexity index is 969. The summed E-state index contributed by atoms with van der Waals surface area (Å²) < 4.78 is 6.90. The number of nitrogens with one attached hydrogen (secondary N) is 2. The molecule has 2 aromatic heterocycles. The van der Waals surface area contributed by atoms with Gasteiger partial charge in [0, 0.05) is 43.4 Å². The standard InChI is InChI=1S/C20H27N7O5/c1-20(2,12-23-17(28)14-3-4-21-16(9-14)18(29)30)13-27-11-15(24-25-27)10-22-19(31)26-5-7-32-8-6-26/h3-4,9,11H,5-8,10,12-13H2,1-2H3,(H,22,31)(H,23,28)(H,29,30). The van der Waals surface area contributed by atoms with Crippen molar-refractivity contribution in [2.45, 2.75) is 26.9 Å². The number of pyridine rings is 1. The van der Waals surface area contributed by atoms with Crippen LogP contribution < -0.4 is 10.6 Å². The number of hydrogen-bond donors (Lipinski definition) is 3. The van der Waals surface area contributed by atoms with Crippen LogP contribution in [0.25, 0.3) is 0 Å². The minimum absolute atomic E-state index is 0.159. The number of morpholine rings is 1. The number of ether oxygens (including phenoxy) is 1. The van der Waals surface area contributed by atoms with Gasteiger partial charge in [0.15, 0.2) is 0 Å². The van der Waals surface area contributed by atoms with Crippen molar-refractivity contribution in [1.29, 1.82) is 0 Å². The van der Waals surface area contributed by atoms with Gasteiger partial charge < -0.3 is 25.4 Å². The van der Waals surface area contributed by atoms with E-state index in [1.54, 1.807) is 15.8 Å². The third-order valence-corrected chi connectivity index (χ3v) is 4.86. The number of nitrogens with zero attached hydrogens (tertiary/aromatic N) is 5. The van der Waals surface area contributed by atoms with E-state index in [4.69, 9.17) is 9.84 Å². The normalized spacial score (nSPS) is 14.1. The fourth-order valence-corrected chi connectivity index (χ4v) is 3.15. The van der Waals surface area contributed by atoms with Gasteiger partial charge >= 0.3 is 12.0 Å². The van der Waals surface area contributed by atoms with E-state index in [1.165, 1.54) is 18.3 Å². The Balaban J connectivity index is 1.48. The lowest BCUT2D eigenvalue weighted by atomic mass is 9.93. The molecule has 3 heterocycles. The Kier molecular flexibility index (Phi) is 7.36. The molecule has 0 spiro atoms. The first-order valence-corrected chi connectivity index (χ1v) is 10.2. The van der Waals surface area contributed by atoms with E-state index in [9.17, 15) is 14.4 Å². The molecule has 0 aliphatic carbocycles. The Hall–Kier alpha value is -3.54. The van der Waals surface area contributed by atoms with E-state index >= 15 is 0 Å². The van der Waals surface area contributed by atoms with Crippen LogP contribution in [-0.2, 0) is 17.8 Å². The summed E-state index contributed by atoms with van der Waals surface area (Å²) in [4.78, 5) is 41.0. The number of carboxylic acids is 1. The molecule has 1 fully saturated rings. The van der Waals surface area contributed by atoms with Gasteiger partial charge in [-0.25, -0.2) is 14.6 Å². The number of amides is 3. The van der Waals surface area contributed by atoms with Crippen molar-refractivity contribution in [2.24, 2.45) is 5.41 Å². The van der Waals surface area contributed by atoms with Gasteiger partial charge in [0.1, 0.15) is 11.4 Å². The number of urea groups is 1. The van der Waals surface area contributed by atoms with Crippen molar-refractivity contribution < 1.29 is 24.2 Å². The molecule has 12 heteroatoms. The summed E-state index contributed by atoms with van der Waals surface area (Å²) in [5.41, 5.74) is 0.310. The van der Waals surface area contributed by atoms with Gasteiger partial charge in [-0.05, 0) is 12.1 Å². The van der Waals surface area contributed by atoms with E-state index in [1.807, 2.05) is 13.8 Å². The average Bonchev–Trinajstić information content (AvgIpc) is 3.23. The fourth-order valence-electron chi connectivity index (χ4n) is 3.15. The van der Waals surface area contributed by atoms with E-state index < -0.39 is 5.97 Å². The highest BCUT2D eigenvalue weighted by Crippen LogP contribution is 2.17. The van der Waals surface area contributed by atoms with Crippen LogP contribution in [0, 0.1) is 5.41 Å². The number of aromatic carboxylic acids is 1. The number of rotatable bonds is 8. The maximum atomic E-state index is 12.4. The topological polar surface area (TPSA) is 152 Å². The lowest BCUT2D eigenvalue weighted by Crippen LogP contribution is -2.45. The van der Waals surface area contributed by atoms with Gasteiger partial charge in [-0.1, -0.05) is 19.1 Å². The minimum Gasteiger partial charge on any atom is -0.477 e. The summed E-state index contributed by atoms with van der Waals surface area (Å²) in [6.45, 7) is 7.21. The lowest BCUT2D eigenvalue weighted by Gasteiger charge is -2.26. The Morgan fingerprint density at radius 2 is 1.97 bits per heavy atom. The fraction of sp³-hybridized carbons (Fsp3) is 0.500. The summed E-state index contributed by atoms with van der Waals surface area (Å²) in [6, 6.07) is 2.54. The van der Waals surface area contributed by atoms with Crippen LogP contribution in [0.4, 0.5) is 4.79 Å². The van der Waals surface area contributed by atoms with Crippen LogP contribution in [0.3, 0.4) is 0 Å². The number of aromatic nitrogens is 4. The van der Waals surface area contributed by atoms with E-state index in [2.05, 4.69) is 25.9 Å². The van der Waals surface area contributed by atoms with E-state index in [0.29, 0.717) is 45.1 Å². The maximum Gasteiger partial charge on any atom is 0.354 e. The molecule has 12 nitrogen and oxygen atoms in total. The van der Waals surface area contributed by atoms with Crippen LogP contribution in [0.5, 0.6) is 0 Å². The summed E-state index contributed by atoms with van der Waals surface area (Å²) >= 11 is 0. The van der Waals surface area contributed by atoms with Gasteiger partial charge in [0.05, 0.1) is 26.0 Å². The van der Waals surface area contributed by atoms with Gasteiger partial charge in [-0.15, -0.1) is 5.10 Å². The first-order valence-electron chi connectivity index (χ1n) is 10.2. The predicted molar refractivity (Wildman–Crippen MR) is 112 cm³/mol. The van der Waals surface area contributed by atoms with Crippen molar-refractivity contribution in [3.8, 4) is 0 Å². The number of hydrogen-bond acceptors (Lipinski definition) is 7. The number of carboxylic acid groups (broad SMARTS) is 1. The molecule has 3 rings (SSSR count). The zero-order chi connectivity index (χ0) is 23.1. The summed E-state index contributed by atoms with van der Waals surface area (Å²) in [6.07, 6.45) is 3.05. The summed E-state index contributed by atoms with van der Waals surface area (Å²) in [5.74, 6) is -1.57. The van der Waals surface area contributed by atoms with Crippen molar-refractivity contribution in [3.05, 3.63) is 41.5 Å². The molecular weight excluding hydrogens is 418 g/mol. The SMILES string of the molecule is CC(C)(CNC(=O)c1ccnc(C(=O)O)c1)Cn1cc(CNC(=O)N2CCOCC2)nn1. The van der Waals surface area contributed by atoms with Gasteiger partial charge in [0.2, 0.25) is 0 Å². The second-order valence-corrected chi connectivity index (χ2v) is 8.25. The first kappa shape index (κ1) is 23.1. The van der Waals surface area contributed by atoms with Crippen LogP contribution in [-0.4, -0.2) is 80.7 Å². The molecule has 1 aliphatic rings. The van der Waals surface area contributed by atoms with Crippen LogP contribution in [0.2, 0.25) is 0 Å². The summed E-state index contributed by atoms with van der Waals surface area (Å²) in [5, 5.41) is 22.8. The Morgan fingerprint density at radius 3 is 2.69 bits per heavy atom. The molecule has 3 N–H and O–H groups in total. The Labute approximate surface area is 184 Å². The third kappa shape index (κ3) is 6.48. The molecule has 0 atom stereocenters. The smallest absolute Gasteiger partial charge is 0.354 e. The van der Waals surface area contributed by atoms with E-state index in [-0.39, 0.29) is 35.2 Å². The molecular formula is C20H27N7O5. The summed E-state index contributed by atoms with van der Waals surface area (Å²) in [7, 11) is 0. The van der Waals surface area contributed by atoms with Gasteiger partial charge in [0.25, 0.3) is 5.91 Å². The van der Waals surface area contributed by atoms with Crippen molar-refractivity contribution in [2.75, 3.05) is 32.8 Å². The van der Waals surface area contributed by atoms with Crippen LogP contribution in [0.1, 0.15) is 40.4 Å². The van der Waals surface area contributed by atoms with Crippen molar-refractivity contribution >= 4 is 17.9 Å². The van der Waals surface area contributed by atoms with Gasteiger partial charge in [-0.3, -0.25) is 9.48 Å². The first-order chi connectivity index (χ1) is 15.2. The zero-order valence-corrected chi connectivity index (χ0v) is 18.1. The molecule has 0 unspecified atom stereocenters. The number of carbonyl (C=O) groups excluding carboxylic acids is 2. The molecule has 0 aromatic carbocycles. The lowest BCUT2D eigenvalue weighted by molar-refractivity contribution is 0.0531. The molecule has 1 saturated heterocycles. The highest BCUT2D eigenvalue weighted by Gasteiger charge is 2.22.